The van der Waals surface area contributed by atoms with Crippen molar-refractivity contribution in [2.45, 2.75) is 0 Å². The van der Waals surface area contributed by atoms with Gasteiger partial charge in [0.1, 0.15) is 7.74 Å². The van der Waals surface area contributed by atoms with Crippen LogP contribution in [0.5, 0.6) is 0 Å². The van der Waals surface area contributed by atoms with Crippen molar-refractivity contribution in [2.75, 3.05) is 0 Å². The van der Waals surface area contributed by atoms with E-state index in [2.05, 4.69) is 11.2 Å². The maximum Gasteiger partial charge on any atom is 0.311 e. The lowest BCUT2D eigenvalue weighted by Crippen LogP contribution is -2.04. The van der Waals surface area contributed by atoms with Crippen molar-refractivity contribution in [3.8, 4) is 0 Å². The standard InChI is InChI=1S/C3H6B2O2/c1-2-3(6)7-5-4/h2,5H,1,4H2. The number of carbonyl (C=O) groups is 1. The van der Waals surface area contributed by atoms with Crippen molar-refractivity contribution in [3.05, 3.63) is 12.7 Å². The van der Waals surface area contributed by atoms with Crippen LogP contribution in [0.25, 0.3) is 0 Å². The first-order chi connectivity index (χ1) is 3.31. The summed E-state index contributed by atoms with van der Waals surface area (Å²) in [4.78, 5) is 10.1. The average molecular weight is 95.7 g/mol. The summed E-state index contributed by atoms with van der Waals surface area (Å²) in [5, 5.41) is 0. The van der Waals surface area contributed by atoms with Crippen LogP contribution >= 0.6 is 0 Å². The van der Waals surface area contributed by atoms with E-state index in [1.165, 1.54) is 0 Å². The van der Waals surface area contributed by atoms with E-state index in [4.69, 9.17) is 0 Å². The van der Waals surface area contributed by atoms with E-state index < -0.39 is 0 Å². The van der Waals surface area contributed by atoms with Crippen molar-refractivity contribution in [1.29, 1.82) is 0 Å². The Balaban J connectivity index is 3.17. The molecule has 0 aromatic rings. The van der Waals surface area contributed by atoms with Gasteiger partial charge in [-0.3, -0.25) is 0 Å². The van der Waals surface area contributed by atoms with Crippen LogP contribution in [0.2, 0.25) is 0 Å². The van der Waals surface area contributed by atoms with Crippen LogP contribution < -0.4 is 0 Å². The first kappa shape index (κ1) is 6.34. The van der Waals surface area contributed by atoms with E-state index in [1.54, 1.807) is 7.74 Å². The summed E-state index contributed by atoms with van der Waals surface area (Å²) in [5.41, 5.74) is 0. The van der Waals surface area contributed by atoms with Crippen LogP contribution in [0.15, 0.2) is 12.7 Å². The Hall–Kier alpha value is -0.660. The van der Waals surface area contributed by atoms with Gasteiger partial charge in [0.25, 0.3) is 7.37 Å². The second-order valence-corrected chi connectivity index (χ2v) is 0.956. The Kier molecular flexibility index (Phi) is 3.19. The van der Waals surface area contributed by atoms with Crippen LogP contribution in [-0.4, -0.2) is 21.1 Å². The zero-order valence-corrected chi connectivity index (χ0v) is 4.31. The molecule has 0 bridgehead atoms. The Morgan fingerprint density at radius 2 is 2.57 bits per heavy atom. The predicted molar refractivity (Wildman–Crippen MR) is 32.0 cm³/mol. The summed E-state index contributed by atoms with van der Waals surface area (Å²) < 4.78 is 4.43. The summed E-state index contributed by atoms with van der Waals surface area (Å²) in [6.45, 7) is 3.20. The Bertz CT molecular complexity index is 81.0. The van der Waals surface area contributed by atoms with Gasteiger partial charge in [0.05, 0.1) is 0 Å². The molecule has 2 nitrogen and oxygen atoms in total. The second-order valence-electron chi connectivity index (χ2n) is 0.956. The van der Waals surface area contributed by atoms with E-state index in [0.29, 0.717) is 7.37 Å². The van der Waals surface area contributed by atoms with E-state index in [0.717, 1.165) is 6.08 Å². The van der Waals surface area contributed by atoms with Gasteiger partial charge >= 0.3 is 5.97 Å². The summed E-state index contributed by atoms with van der Waals surface area (Å²) in [6, 6.07) is 0. The summed E-state index contributed by atoms with van der Waals surface area (Å²) >= 11 is 0. The minimum Gasteiger partial charge on any atom is -0.545 e. The van der Waals surface area contributed by atoms with E-state index in [-0.39, 0.29) is 5.97 Å². The smallest absolute Gasteiger partial charge is 0.311 e. The zero-order chi connectivity index (χ0) is 5.70. The molecule has 0 N–H and O–H groups in total. The molecule has 0 aliphatic heterocycles. The average Bonchev–Trinajstić information content (AvgIpc) is 1.68. The molecule has 0 saturated heterocycles. The third-order valence-corrected chi connectivity index (χ3v) is 0.453. The van der Waals surface area contributed by atoms with Crippen molar-refractivity contribution in [2.24, 2.45) is 0 Å². The Morgan fingerprint density at radius 3 is 2.71 bits per heavy atom. The Morgan fingerprint density at radius 1 is 2.00 bits per heavy atom. The molecule has 0 fully saturated rings. The maximum atomic E-state index is 10.1. The number of rotatable bonds is 2. The van der Waals surface area contributed by atoms with E-state index in [1.807, 2.05) is 0 Å². The van der Waals surface area contributed by atoms with Gasteiger partial charge in [-0.05, 0) is 0 Å². The molecule has 0 saturated carbocycles. The lowest BCUT2D eigenvalue weighted by atomic mass is 9.72. The molecule has 0 amide bonds. The molecule has 0 radical (unpaired) electrons. The maximum absolute atomic E-state index is 10.1. The highest BCUT2D eigenvalue weighted by Gasteiger charge is 1.88. The fraction of sp³-hybridized carbons (Fsp3) is 0. The normalized spacial score (nSPS) is 6.86. The van der Waals surface area contributed by atoms with Crippen molar-refractivity contribution in [1.82, 2.24) is 0 Å². The molecule has 4 heteroatoms. The SMILES string of the molecule is BBOC(=O)C=C. The topological polar surface area (TPSA) is 26.3 Å². The highest BCUT2D eigenvalue weighted by molar-refractivity contribution is 6.86. The van der Waals surface area contributed by atoms with Crippen LogP contribution in [0, 0.1) is 0 Å². The number of hydrogen-bond donors (Lipinski definition) is 0. The molecule has 0 atom stereocenters. The van der Waals surface area contributed by atoms with Gasteiger partial charge in [-0.1, -0.05) is 6.58 Å². The van der Waals surface area contributed by atoms with E-state index >= 15 is 0 Å². The lowest BCUT2D eigenvalue weighted by Gasteiger charge is -1.90. The summed E-state index contributed by atoms with van der Waals surface area (Å²) in [5.74, 6) is -0.359. The summed E-state index contributed by atoms with van der Waals surface area (Å²) in [7, 11) is 2.17. The monoisotopic (exact) mass is 96.1 g/mol. The van der Waals surface area contributed by atoms with Crippen molar-refractivity contribution in [3.63, 3.8) is 0 Å². The quantitative estimate of drug-likeness (QED) is 0.312. The largest absolute Gasteiger partial charge is 0.545 e. The molecule has 0 spiro atoms. The molecule has 0 aromatic heterocycles. The molecule has 0 aliphatic rings. The fourth-order valence-corrected chi connectivity index (χ4v) is 0.201. The predicted octanol–water partition coefficient (Wildman–Crippen LogP) is -1.38. The molecule has 0 rings (SSSR count). The van der Waals surface area contributed by atoms with Gasteiger partial charge in [0, 0.05) is 6.08 Å². The lowest BCUT2D eigenvalue weighted by molar-refractivity contribution is -0.128. The molecule has 0 aliphatic carbocycles. The van der Waals surface area contributed by atoms with Gasteiger partial charge in [-0.25, -0.2) is 4.79 Å². The van der Waals surface area contributed by atoms with Gasteiger partial charge < -0.3 is 4.65 Å². The van der Waals surface area contributed by atoms with E-state index in [9.17, 15) is 4.79 Å². The van der Waals surface area contributed by atoms with Crippen LogP contribution in [0.3, 0.4) is 0 Å². The summed E-state index contributed by atoms with van der Waals surface area (Å²) in [6.07, 6.45) is 1.14. The minimum absolute atomic E-state index is 0.359. The highest BCUT2D eigenvalue weighted by Crippen LogP contribution is 1.70. The molecule has 0 unspecified atom stereocenters. The minimum atomic E-state index is -0.359. The zero-order valence-electron chi connectivity index (χ0n) is 4.31. The molecule has 0 heterocycles. The first-order valence-corrected chi connectivity index (χ1v) is 2.10. The van der Waals surface area contributed by atoms with Gasteiger partial charge in [-0.2, -0.15) is 0 Å². The van der Waals surface area contributed by atoms with Crippen molar-refractivity contribution >= 4 is 21.1 Å². The third kappa shape index (κ3) is 3.16. The van der Waals surface area contributed by atoms with Crippen LogP contribution in [-0.2, 0) is 9.45 Å². The third-order valence-electron chi connectivity index (χ3n) is 0.453. The molecular weight excluding hydrogens is 89.7 g/mol. The number of hydrogen-bond acceptors (Lipinski definition) is 2. The van der Waals surface area contributed by atoms with Gasteiger partial charge in [0.15, 0.2) is 0 Å². The van der Waals surface area contributed by atoms with Gasteiger partial charge in [-0.15, -0.1) is 0 Å². The van der Waals surface area contributed by atoms with Crippen molar-refractivity contribution < 1.29 is 9.45 Å². The first-order valence-electron chi connectivity index (χ1n) is 2.10. The molecular formula is C3H6B2O2. The molecule has 36 valence electrons. The van der Waals surface area contributed by atoms with Crippen LogP contribution in [0.1, 0.15) is 0 Å². The van der Waals surface area contributed by atoms with Gasteiger partial charge in [0.2, 0.25) is 0 Å². The second kappa shape index (κ2) is 3.53. The Labute approximate surface area is 44.2 Å². The molecule has 7 heavy (non-hydrogen) atoms. The highest BCUT2D eigenvalue weighted by atomic mass is 16.5. The number of carbonyl (C=O) groups excluding carboxylic acids is 1. The molecule has 0 aromatic carbocycles. The fourth-order valence-electron chi connectivity index (χ4n) is 0.201. The van der Waals surface area contributed by atoms with Crippen LogP contribution in [0.4, 0.5) is 0 Å².